The summed E-state index contributed by atoms with van der Waals surface area (Å²) in [7, 11) is -3.89. The second-order valence-corrected chi connectivity index (χ2v) is 7.61. The average molecular weight is 344 g/mol. The number of halogens is 1. The number of carbonyl (C=O) groups is 1. The third-order valence-corrected chi connectivity index (χ3v) is 5.22. The van der Waals surface area contributed by atoms with Crippen LogP contribution in [0.4, 0.5) is 9.18 Å². The van der Waals surface area contributed by atoms with E-state index in [1.54, 1.807) is 18.7 Å². The van der Waals surface area contributed by atoms with Gasteiger partial charge in [-0.3, -0.25) is 0 Å². The van der Waals surface area contributed by atoms with Gasteiger partial charge in [0.05, 0.1) is 5.41 Å². The van der Waals surface area contributed by atoms with E-state index in [2.05, 4.69) is 0 Å². The number of sulfonamides is 1. The summed E-state index contributed by atoms with van der Waals surface area (Å²) >= 11 is 1.73. The molecule has 0 spiro atoms. The van der Waals surface area contributed by atoms with Crippen LogP contribution in [-0.2, 0) is 10.0 Å². The third kappa shape index (κ3) is 4.74. The Morgan fingerprint density at radius 3 is 2.45 bits per heavy atom. The first-order valence-corrected chi connectivity index (χ1v) is 9.41. The maximum Gasteiger partial charge on any atom is 0.331 e. The van der Waals surface area contributed by atoms with Gasteiger partial charge in [0.1, 0.15) is 5.82 Å². The molecule has 0 aliphatic carbocycles. The molecule has 8 heteroatoms. The van der Waals surface area contributed by atoms with Crippen LogP contribution < -0.4 is 4.72 Å². The molecule has 1 N–H and O–H groups in total. The topological polar surface area (TPSA) is 66.5 Å². The van der Waals surface area contributed by atoms with Gasteiger partial charge in [-0.2, -0.15) is 11.8 Å². The molecule has 0 saturated carbocycles. The molecule has 2 rings (SSSR count). The quantitative estimate of drug-likeness (QED) is 0.913. The molecule has 0 atom stereocenters. The van der Waals surface area contributed by atoms with Crippen molar-refractivity contribution in [3.05, 3.63) is 41.1 Å². The minimum Gasteiger partial charge on any atom is -0.322 e. The first kappa shape index (κ1) is 16.8. The van der Waals surface area contributed by atoms with Gasteiger partial charge in [-0.15, -0.1) is 0 Å². The molecule has 0 unspecified atom stereocenters. The summed E-state index contributed by atoms with van der Waals surface area (Å²) in [4.78, 5) is 13.4. The zero-order valence-corrected chi connectivity index (χ0v) is 13.7. The fourth-order valence-electron chi connectivity index (χ4n) is 2.00. The van der Waals surface area contributed by atoms with Crippen LogP contribution in [0.3, 0.4) is 0 Å². The number of carbonyl (C=O) groups excluding carboxylic acids is 1. The molecule has 1 heterocycles. The minimum atomic E-state index is -3.89. The number of amides is 2. The van der Waals surface area contributed by atoms with Gasteiger partial charge in [0.15, 0.2) is 0 Å². The van der Waals surface area contributed by atoms with Crippen molar-refractivity contribution in [2.75, 3.05) is 24.6 Å². The van der Waals surface area contributed by atoms with E-state index in [-0.39, 0.29) is 0 Å². The van der Waals surface area contributed by atoms with Crippen LogP contribution in [0, 0.1) is 5.82 Å². The third-order valence-electron chi connectivity index (χ3n) is 3.16. The second kappa shape index (κ2) is 7.15. The fourth-order valence-corrected chi connectivity index (χ4v) is 3.93. The Hall–Kier alpha value is -1.54. The van der Waals surface area contributed by atoms with E-state index in [0.29, 0.717) is 24.2 Å². The van der Waals surface area contributed by atoms with Crippen molar-refractivity contribution in [3.8, 4) is 0 Å². The Bertz CT molecular complexity index is 666. The Balaban J connectivity index is 2.07. The number of nitrogens with zero attached hydrogens (tertiary/aromatic N) is 1. The van der Waals surface area contributed by atoms with Crippen molar-refractivity contribution in [1.82, 2.24) is 9.62 Å². The lowest BCUT2D eigenvalue weighted by atomic mass is 10.1. The highest BCUT2D eigenvalue weighted by Gasteiger charge is 2.20. The highest BCUT2D eigenvalue weighted by Crippen LogP contribution is 2.16. The lowest BCUT2D eigenvalue weighted by molar-refractivity contribution is 0.209. The van der Waals surface area contributed by atoms with E-state index >= 15 is 0 Å². The van der Waals surface area contributed by atoms with Crippen molar-refractivity contribution in [1.29, 1.82) is 0 Å². The smallest absolute Gasteiger partial charge is 0.322 e. The molecule has 0 aromatic heterocycles. The Labute approximate surface area is 133 Å². The van der Waals surface area contributed by atoms with Crippen LogP contribution in [0.15, 0.2) is 29.7 Å². The van der Waals surface area contributed by atoms with Gasteiger partial charge < -0.3 is 4.90 Å². The van der Waals surface area contributed by atoms with Crippen molar-refractivity contribution in [2.45, 2.75) is 6.92 Å². The molecule has 2 amide bonds. The van der Waals surface area contributed by atoms with E-state index in [1.165, 1.54) is 29.2 Å². The number of hydrogen-bond donors (Lipinski definition) is 1. The van der Waals surface area contributed by atoms with E-state index in [9.17, 15) is 17.6 Å². The molecule has 5 nitrogen and oxygen atoms in total. The highest BCUT2D eigenvalue weighted by molar-refractivity contribution is 7.99. The van der Waals surface area contributed by atoms with Crippen LogP contribution in [-0.4, -0.2) is 43.9 Å². The van der Waals surface area contributed by atoms with Crippen molar-refractivity contribution in [3.63, 3.8) is 0 Å². The molecule has 1 saturated heterocycles. The second-order valence-electron chi connectivity index (χ2n) is 4.86. The molecular weight excluding hydrogens is 327 g/mol. The monoisotopic (exact) mass is 344 g/mol. The van der Waals surface area contributed by atoms with E-state index in [4.69, 9.17) is 0 Å². The van der Waals surface area contributed by atoms with Gasteiger partial charge in [-0.25, -0.2) is 22.3 Å². The fraction of sp³-hybridized carbons (Fsp3) is 0.357. The van der Waals surface area contributed by atoms with Gasteiger partial charge in [0.25, 0.3) is 10.0 Å². The number of hydrogen-bond acceptors (Lipinski definition) is 4. The minimum absolute atomic E-state index is 0.393. The van der Waals surface area contributed by atoms with Gasteiger partial charge >= 0.3 is 6.03 Å². The maximum atomic E-state index is 12.9. The summed E-state index contributed by atoms with van der Waals surface area (Å²) in [5, 5.41) is 0.983. The summed E-state index contributed by atoms with van der Waals surface area (Å²) in [6, 6.07) is 4.87. The largest absolute Gasteiger partial charge is 0.331 e. The number of thioether (sulfide) groups is 1. The molecule has 1 aliphatic heterocycles. The Morgan fingerprint density at radius 1 is 1.27 bits per heavy atom. The summed E-state index contributed by atoms with van der Waals surface area (Å²) in [5.41, 5.74) is 1.00. The van der Waals surface area contributed by atoms with Crippen LogP contribution in [0.25, 0.3) is 5.57 Å². The van der Waals surface area contributed by atoms with Gasteiger partial charge in [-0.05, 0) is 30.2 Å². The Morgan fingerprint density at radius 2 is 1.86 bits per heavy atom. The summed E-state index contributed by atoms with van der Waals surface area (Å²) < 4.78 is 38.9. The summed E-state index contributed by atoms with van der Waals surface area (Å²) in [6.45, 7) is 2.66. The lowest BCUT2D eigenvalue weighted by Crippen LogP contribution is -2.45. The van der Waals surface area contributed by atoms with E-state index in [1.807, 2.05) is 4.72 Å². The first-order chi connectivity index (χ1) is 10.4. The molecule has 22 heavy (non-hydrogen) atoms. The molecule has 1 aliphatic rings. The standard InChI is InChI=1S/C14H17FN2O3S2/c1-11(12-2-4-13(15)5-3-12)10-22(19,20)16-14(18)17-6-8-21-9-7-17/h2-5,10H,6-9H2,1H3,(H,16,18). The number of urea groups is 1. The van der Waals surface area contributed by atoms with Gasteiger partial charge in [-0.1, -0.05) is 12.1 Å². The zero-order chi connectivity index (χ0) is 16.2. The lowest BCUT2D eigenvalue weighted by Gasteiger charge is -2.26. The number of benzene rings is 1. The van der Waals surface area contributed by atoms with Gasteiger partial charge in [0.2, 0.25) is 0 Å². The summed E-state index contributed by atoms with van der Waals surface area (Å²) in [6.07, 6.45) is 0. The van der Waals surface area contributed by atoms with Crippen LogP contribution in [0.5, 0.6) is 0 Å². The molecule has 1 fully saturated rings. The van der Waals surface area contributed by atoms with E-state index in [0.717, 1.165) is 16.9 Å². The predicted molar refractivity (Wildman–Crippen MR) is 86.4 cm³/mol. The Kier molecular flexibility index (Phi) is 5.47. The predicted octanol–water partition coefficient (Wildman–Crippen LogP) is 2.27. The van der Waals surface area contributed by atoms with Crippen molar-refractivity contribution in [2.24, 2.45) is 0 Å². The molecular formula is C14H17FN2O3S2. The van der Waals surface area contributed by atoms with Crippen molar-refractivity contribution < 1.29 is 17.6 Å². The first-order valence-electron chi connectivity index (χ1n) is 6.71. The highest BCUT2D eigenvalue weighted by atomic mass is 32.2. The van der Waals surface area contributed by atoms with E-state index < -0.39 is 21.9 Å². The molecule has 0 radical (unpaired) electrons. The molecule has 0 bridgehead atoms. The van der Waals surface area contributed by atoms with Crippen LogP contribution in [0.2, 0.25) is 0 Å². The maximum absolute atomic E-state index is 12.9. The van der Waals surface area contributed by atoms with Crippen molar-refractivity contribution >= 4 is 33.4 Å². The molecule has 1 aromatic carbocycles. The van der Waals surface area contributed by atoms with Crippen LogP contribution >= 0.6 is 11.8 Å². The number of allylic oxidation sites excluding steroid dienone is 1. The van der Waals surface area contributed by atoms with Gasteiger partial charge in [0, 0.05) is 24.6 Å². The normalized spacial score (nSPS) is 16.5. The van der Waals surface area contributed by atoms with Crippen LogP contribution in [0.1, 0.15) is 12.5 Å². The summed E-state index contributed by atoms with van der Waals surface area (Å²) in [5.74, 6) is 1.21. The zero-order valence-electron chi connectivity index (χ0n) is 12.1. The molecule has 120 valence electrons. The SMILES string of the molecule is CC(=CS(=O)(=O)NC(=O)N1CCSCC1)c1ccc(F)cc1. The average Bonchev–Trinajstić information content (AvgIpc) is 2.47. The molecule has 1 aromatic rings. The number of nitrogens with one attached hydrogen (secondary N) is 1. The number of rotatable bonds is 3.